The van der Waals surface area contributed by atoms with Gasteiger partial charge in [0.25, 0.3) is 5.56 Å². The average molecular weight is 370 g/mol. The Morgan fingerprint density at radius 3 is 2.35 bits per heavy atom. The molecule has 26 heavy (non-hydrogen) atoms. The van der Waals surface area contributed by atoms with Crippen LogP contribution in [0.4, 0.5) is 18.9 Å². The number of pyridine rings is 1. The maximum atomic E-state index is 12.1. The summed E-state index contributed by atoms with van der Waals surface area (Å²) in [6.07, 6.45) is -3.63. The van der Waals surface area contributed by atoms with Crippen LogP contribution in [0.3, 0.4) is 0 Å². The Hall–Kier alpha value is -3.30. The Kier molecular flexibility index (Phi) is 5.65. The highest BCUT2D eigenvalue weighted by atomic mass is 19.4. The molecule has 0 saturated carbocycles. The third kappa shape index (κ3) is 5.36. The second kappa shape index (κ2) is 7.72. The van der Waals surface area contributed by atoms with E-state index in [0.29, 0.717) is 0 Å². The predicted molar refractivity (Wildman–Crippen MR) is 83.8 cm³/mol. The highest BCUT2D eigenvalue weighted by Gasteiger charge is 2.30. The Bertz CT molecular complexity index is 859. The molecule has 1 heterocycles. The normalized spacial score (nSPS) is 10.9. The van der Waals surface area contributed by atoms with Crippen LogP contribution in [0.1, 0.15) is 10.4 Å². The van der Waals surface area contributed by atoms with Crippen molar-refractivity contribution in [2.75, 3.05) is 12.4 Å². The van der Waals surface area contributed by atoms with E-state index >= 15 is 0 Å². The quantitative estimate of drug-likeness (QED) is 0.816. The number of carbonyl (C=O) groups is 2. The molecule has 7 nitrogen and oxygen atoms in total. The lowest BCUT2D eigenvalue weighted by Crippen LogP contribution is -2.27. The summed E-state index contributed by atoms with van der Waals surface area (Å²) < 4.78 is 45.5. The van der Waals surface area contributed by atoms with Crippen LogP contribution in [0.15, 0.2) is 47.4 Å². The maximum Gasteiger partial charge on any atom is 0.573 e. The van der Waals surface area contributed by atoms with E-state index < -0.39 is 36.1 Å². The van der Waals surface area contributed by atoms with Gasteiger partial charge in [-0.15, -0.1) is 13.2 Å². The Morgan fingerprint density at radius 1 is 1.12 bits per heavy atom. The number of anilines is 1. The zero-order valence-electron chi connectivity index (χ0n) is 13.4. The minimum atomic E-state index is -4.81. The summed E-state index contributed by atoms with van der Waals surface area (Å²) in [5, 5.41) is 2.42. The number of hydrogen-bond donors (Lipinski definition) is 1. The maximum absolute atomic E-state index is 12.1. The Morgan fingerprint density at radius 2 is 1.77 bits per heavy atom. The van der Waals surface area contributed by atoms with Crippen molar-refractivity contribution in [3.63, 3.8) is 0 Å². The largest absolute Gasteiger partial charge is 0.573 e. The van der Waals surface area contributed by atoms with Crippen LogP contribution in [0, 0.1) is 0 Å². The van der Waals surface area contributed by atoms with Crippen molar-refractivity contribution in [3.8, 4) is 5.75 Å². The molecular weight excluding hydrogens is 357 g/mol. The molecule has 0 aliphatic rings. The van der Waals surface area contributed by atoms with Gasteiger partial charge >= 0.3 is 12.3 Å². The highest BCUT2D eigenvalue weighted by Crippen LogP contribution is 2.23. The van der Waals surface area contributed by atoms with Gasteiger partial charge in [0.15, 0.2) is 0 Å². The minimum absolute atomic E-state index is 0.0913. The van der Waals surface area contributed by atoms with Crippen LogP contribution < -0.4 is 15.6 Å². The van der Waals surface area contributed by atoms with E-state index in [1.54, 1.807) is 0 Å². The zero-order valence-corrected chi connectivity index (χ0v) is 13.4. The lowest BCUT2D eigenvalue weighted by atomic mass is 10.3. The summed E-state index contributed by atoms with van der Waals surface area (Å²) in [5.74, 6) is -1.71. The first-order valence-corrected chi connectivity index (χ1v) is 7.12. The van der Waals surface area contributed by atoms with Crippen LogP contribution in [0.25, 0.3) is 0 Å². The number of nitrogens with zero attached hydrogens (tertiary/aromatic N) is 1. The summed E-state index contributed by atoms with van der Waals surface area (Å²) in [6.45, 7) is -0.398. The van der Waals surface area contributed by atoms with Crippen molar-refractivity contribution >= 4 is 17.6 Å². The molecule has 0 spiro atoms. The number of rotatable bonds is 5. The van der Waals surface area contributed by atoms with Crippen LogP contribution in [0.2, 0.25) is 0 Å². The van der Waals surface area contributed by atoms with E-state index in [0.717, 1.165) is 22.8 Å². The monoisotopic (exact) mass is 370 g/mol. The summed E-state index contributed by atoms with van der Waals surface area (Å²) in [5.41, 5.74) is -0.211. The number of alkyl halides is 3. The number of benzene rings is 1. The van der Waals surface area contributed by atoms with E-state index in [1.807, 2.05) is 0 Å². The zero-order chi connectivity index (χ0) is 19.3. The van der Waals surface area contributed by atoms with Crippen molar-refractivity contribution in [1.82, 2.24) is 4.57 Å². The fourth-order valence-electron chi connectivity index (χ4n) is 1.99. The first-order chi connectivity index (χ1) is 12.2. The highest BCUT2D eigenvalue weighted by molar-refractivity contribution is 5.91. The van der Waals surface area contributed by atoms with Gasteiger partial charge in [-0.05, 0) is 30.3 Å². The third-order valence-electron chi connectivity index (χ3n) is 3.09. The van der Waals surface area contributed by atoms with Crippen molar-refractivity contribution in [3.05, 3.63) is 58.5 Å². The number of esters is 1. The fourth-order valence-corrected chi connectivity index (χ4v) is 1.99. The molecule has 0 aliphatic carbocycles. The summed E-state index contributed by atoms with van der Waals surface area (Å²) in [6, 6.07) is 6.88. The molecule has 0 fully saturated rings. The number of hydrogen-bond acceptors (Lipinski definition) is 5. The van der Waals surface area contributed by atoms with Gasteiger partial charge in [-0.3, -0.25) is 9.59 Å². The molecule has 1 aromatic carbocycles. The second-order valence-corrected chi connectivity index (χ2v) is 5.00. The van der Waals surface area contributed by atoms with Crippen LogP contribution in [0.5, 0.6) is 5.75 Å². The third-order valence-corrected chi connectivity index (χ3v) is 3.09. The summed E-state index contributed by atoms with van der Waals surface area (Å²) in [4.78, 5) is 35.2. The van der Waals surface area contributed by atoms with Crippen LogP contribution >= 0.6 is 0 Å². The van der Waals surface area contributed by atoms with E-state index in [-0.39, 0.29) is 11.3 Å². The number of aromatic nitrogens is 1. The Balaban J connectivity index is 2.05. The minimum Gasteiger partial charge on any atom is -0.465 e. The van der Waals surface area contributed by atoms with Crippen molar-refractivity contribution in [2.45, 2.75) is 12.9 Å². The van der Waals surface area contributed by atoms with Crippen LogP contribution in [-0.2, 0) is 16.1 Å². The van der Waals surface area contributed by atoms with Gasteiger partial charge in [-0.2, -0.15) is 0 Å². The lowest BCUT2D eigenvalue weighted by Gasteiger charge is -2.11. The predicted octanol–water partition coefficient (Wildman–Crippen LogP) is 2.17. The first kappa shape index (κ1) is 19.0. The number of carbonyl (C=O) groups excluding carboxylic acids is 2. The van der Waals surface area contributed by atoms with E-state index in [9.17, 15) is 27.6 Å². The van der Waals surface area contributed by atoms with Gasteiger partial charge in [-0.25, -0.2) is 4.79 Å². The lowest BCUT2D eigenvalue weighted by molar-refractivity contribution is -0.274. The molecule has 10 heteroatoms. The molecular formula is C16H13F3N2O5. The van der Waals surface area contributed by atoms with Crippen molar-refractivity contribution in [2.24, 2.45) is 0 Å². The number of halogens is 3. The smallest absolute Gasteiger partial charge is 0.465 e. The summed E-state index contributed by atoms with van der Waals surface area (Å²) in [7, 11) is 1.18. The van der Waals surface area contributed by atoms with E-state index in [1.165, 1.54) is 31.5 Å². The van der Waals surface area contributed by atoms with E-state index in [2.05, 4.69) is 14.8 Å². The Labute approximate surface area is 145 Å². The number of amides is 1. The molecule has 1 aromatic heterocycles. The van der Waals surface area contributed by atoms with Crippen molar-refractivity contribution in [1.29, 1.82) is 0 Å². The first-order valence-electron chi connectivity index (χ1n) is 7.12. The van der Waals surface area contributed by atoms with E-state index in [4.69, 9.17) is 0 Å². The van der Waals surface area contributed by atoms with Gasteiger partial charge < -0.3 is 19.4 Å². The SMILES string of the molecule is COC(=O)c1ccc(=O)n(CC(=O)Nc2ccc(OC(F)(F)F)cc2)c1. The molecule has 0 bridgehead atoms. The molecule has 0 aliphatic heterocycles. The van der Waals surface area contributed by atoms with Gasteiger partial charge in [0.1, 0.15) is 12.3 Å². The topological polar surface area (TPSA) is 86.6 Å². The van der Waals surface area contributed by atoms with Gasteiger partial charge in [0.2, 0.25) is 5.91 Å². The van der Waals surface area contributed by atoms with Crippen LogP contribution in [-0.4, -0.2) is 29.9 Å². The molecule has 2 rings (SSSR count). The van der Waals surface area contributed by atoms with Gasteiger partial charge in [0.05, 0.1) is 12.7 Å². The second-order valence-electron chi connectivity index (χ2n) is 5.00. The molecule has 138 valence electrons. The van der Waals surface area contributed by atoms with Gasteiger partial charge in [0, 0.05) is 18.0 Å². The average Bonchev–Trinajstić information content (AvgIpc) is 2.56. The van der Waals surface area contributed by atoms with Gasteiger partial charge in [-0.1, -0.05) is 0 Å². The fraction of sp³-hybridized carbons (Fsp3) is 0.188. The number of methoxy groups -OCH3 is 1. The number of nitrogens with one attached hydrogen (secondary N) is 1. The van der Waals surface area contributed by atoms with Crippen molar-refractivity contribution < 1.29 is 32.2 Å². The molecule has 0 radical (unpaired) electrons. The standard InChI is InChI=1S/C16H13F3N2O5/c1-25-15(24)10-2-7-14(23)21(8-10)9-13(22)20-11-3-5-12(6-4-11)26-16(17,18)19/h2-8H,9H2,1H3,(H,20,22). The number of ether oxygens (including phenoxy) is 2. The molecule has 0 atom stereocenters. The molecule has 1 amide bonds. The molecule has 0 unspecified atom stereocenters. The molecule has 2 aromatic rings. The summed E-state index contributed by atoms with van der Waals surface area (Å²) >= 11 is 0. The molecule has 0 saturated heterocycles. The molecule has 1 N–H and O–H groups in total.